The van der Waals surface area contributed by atoms with Gasteiger partial charge in [-0.25, -0.2) is 4.98 Å². The van der Waals surface area contributed by atoms with E-state index in [0.717, 1.165) is 45.4 Å². The first-order valence-corrected chi connectivity index (χ1v) is 9.44. The number of amides is 1. The molecule has 10 heteroatoms. The average molecular weight is 390 g/mol. The zero-order valence-corrected chi connectivity index (χ0v) is 16.2. The number of nitrogens with one attached hydrogen (secondary N) is 1. The Kier molecular flexibility index (Phi) is 5.78. The van der Waals surface area contributed by atoms with Gasteiger partial charge in [0.1, 0.15) is 11.2 Å². The van der Waals surface area contributed by atoms with Crippen LogP contribution < -0.4 is 5.56 Å². The summed E-state index contributed by atoms with van der Waals surface area (Å²) in [6.07, 6.45) is 4.37. The van der Waals surface area contributed by atoms with Crippen LogP contribution in [0.3, 0.4) is 0 Å². The van der Waals surface area contributed by atoms with Gasteiger partial charge in [-0.3, -0.25) is 24.0 Å². The van der Waals surface area contributed by atoms with E-state index < -0.39 is 0 Å². The number of H-pyrrole nitrogens is 1. The van der Waals surface area contributed by atoms with E-state index in [0.29, 0.717) is 29.3 Å². The standard InChI is InChI=1S/C17H24N6O2.CH2O2/c1-3-6-23-8-5-17(16(23)25)4-7-22(11-17)10-13-19-14-12(15(24)20-13)9-18-21(14)2;2-1-3/h9H,3-8,10-11H2,1-2H3,(H,19,20,24);1H,(H,2,3). The van der Waals surface area contributed by atoms with E-state index in [-0.39, 0.29) is 17.4 Å². The van der Waals surface area contributed by atoms with Crippen molar-refractivity contribution >= 4 is 23.4 Å². The first-order chi connectivity index (χ1) is 13.4. The lowest BCUT2D eigenvalue weighted by Gasteiger charge is -2.23. The third-order valence-electron chi connectivity index (χ3n) is 5.55. The van der Waals surface area contributed by atoms with Gasteiger partial charge in [0.15, 0.2) is 5.65 Å². The maximum Gasteiger partial charge on any atom is 0.290 e. The van der Waals surface area contributed by atoms with Crippen molar-refractivity contribution in [1.82, 2.24) is 29.5 Å². The molecular formula is C18H26N6O4. The van der Waals surface area contributed by atoms with Crippen LogP contribution in [0.15, 0.2) is 11.0 Å². The van der Waals surface area contributed by atoms with E-state index in [9.17, 15) is 9.59 Å². The second kappa shape index (κ2) is 8.09. The predicted molar refractivity (Wildman–Crippen MR) is 102 cm³/mol. The summed E-state index contributed by atoms with van der Waals surface area (Å²) in [6, 6.07) is 0. The monoisotopic (exact) mass is 390 g/mol. The van der Waals surface area contributed by atoms with Crippen LogP contribution in [0.2, 0.25) is 0 Å². The summed E-state index contributed by atoms with van der Waals surface area (Å²) in [7, 11) is 1.78. The van der Waals surface area contributed by atoms with Gasteiger partial charge in [-0.05, 0) is 25.8 Å². The summed E-state index contributed by atoms with van der Waals surface area (Å²) in [5, 5.41) is 11.5. The van der Waals surface area contributed by atoms with Crippen LogP contribution in [0.25, 0.3) is 11.0 Å². The van der Waals surface area contributed by atoms with E-state index in [1.165, 1.54) is 6.20 Å². The largest absolute Gasteiger partial charge is 0.483 e. The first kappa shape index (κ1) is 20.0. The fourth-order valence-corrected chi connectivity index (χ4v) is 4.21. The number of hydrogen-bond acceptors (Lipinski definition) is 6. The molecule has 0 bridgehead atoms. The Hall–Kier alpha value is -2.75. The van der Waals surface area contributed by atoms with E-state index in [1.54, 1.807) is 11.7 Å². The van der Waals surface area contributed by atoms with Gasteiger partial charge in [0, 0.05) is 26.7 Å². The number of nitrogens with zero attached hydrogens (tertiary/aromatic N) is 5. The molecule has 0 saturated carbocycles. The zero-order valence-electron chi connectivity index (χ0n) is 16.2. The van der Waals surface area contributed by atoms with Crippen molar-refractivity contribution in [2.45, 2.75) is 32.7 Å². The van der Waals surface area contributed by atoms with Gasteiger partial charge in [-0.1, -0.05) is 6.92 Å². The molecule has 0 radical (unpaired) electrons. The molecule has 4 heterocycles. The van der Waals surface area contributed by atoms with Crippen molar-refractivity contribution in [3.05, 3.63) is 22.4 Å². The number of aromatic nitrogens is 4. The van der Waals surface area contributed by atoms with Crippen molar-refractivity contribution in [3.63, 3.8) is 0 Å². The average Bonchev–Trinajstić information content (AvgIpc) is 3.32. The number of hydrogen-bond donors (Lipinski definition) is 2. The molecule has 2 aliphatic rings. The van der Waals surface area contributed by atoms with Gasteiger partial charge in [0.05, 0.1) is 18.2 Å². The topological polar surface area (TPSA) is 124 Å². The summed E-state index contributed by atoms with van der Waals surface area (Å²) in [6.45, 7) is 5.75. The summed E-state index contributed by atoms with van der Waals surface area (Å²) < 4.78 is 1.61. The maximum atomic E-state index is 12.8. The lowest BCUT2D eigenvalue weighted by atomic mass is 9.85. The lowest BCUT2D eigenvalue weighted by molar-refractivity contribution is -0.135. The molecule has 2 saturated heterocycles. The highest BCUT2D eigenvalue weighted by atomic mass is 16.3. The highest BCUT2D eigenvalue weighted by molar-refractivity contribution is 5.85. The number of aromatic amines is 1. The molecule has 0 aliphatic carbocycles. The van der Waals surface area contributed by atoms with Crippen molar-refractivity contribution in [2.75, 3.05) is 26.2 Å². The number of carbonyl (C=O) groups excluding carboxylic acids is 1. The molecular weight excluding hydrogens is 364 g/mol. The number of carbonyl (C=O) groups is 2. The van der Waals surface area contributed by atoms with Crippen molar-refractivity contribution < 1.29 is 14.7 Å². The summed E-state index contributed by atoms with van der Waals surface area (Å²) >= 11 is 0. The van der Waals surface area contributed by atoms with Crippen LogP contribution in [-0.2, 0) is 23.2 Å². The van der Waals surface area contributed by atoms with Crippen LogP contribution in [0, 0.1) is 5.41 Å². The molecule has 2 aromatic heterocycles. The first-order valence-electron chi connectivity index (χ1n) is 9.44. The molecule has 4 rings (SSSR count). The van der Waals surface area contributed by atoms with Crippen molar-refractivity contribution in [1.29, 1.82) is 0 Å². The van der Waals surface area contributed by atoms with Crippen LogP contribution in [0.4, 0.5) is 0 Å². The number of fused-ring (bicyclic) bond motifs is 1. The van der Waals surface area contributed by atoms with Gasteiger partial charge >= 0.3 is 0 Å². The number of likely N-dealkylation sites (tertiary alicyclic amines) is 2. The lowest BCUT2D eigenvalue weighted by Crippen LogP contribution is -2.37. The minimum absolute atomic E-state index is 0.159. The molecule has 2 aliphatic heterocycles. The summed E-state index contributed by atoms with van der Waals surface area (Å²) in [5.41, 5.74) is 0.207. The quantitative estimate of drug-likeness (QED) is 0.714. The van der Waals surface area contributed by atoms with Crippen LogP contribution in [0.5, 0.6) is 0 Å². The smallest absolute Gasteiger partial charge is 0.290 e. The van der Waals surface area contributed by atoms with Gasteiger partial charge in [-0.2, -0.15) is 5.10 Å². The van der Waals surface area contributed by atoms with Gasteiger partial charge in [-0.15, -0.1) is 0 Å². The Morgan fingerprint density at radius 3 is 2.75 bits per heavy atom. The molecule has 28 heavy (non-hydrogen) atoms. The Labute approximate surface area is 162 Å². The highest BCUT2D eigenvalue weighted by Gasteiger charge is 2.50. The van der Waals surface area contributed by atoms with Crippen LogP contribution in [0.1, 0.15) is 32.0 Å². The Balaban J connectivity index is 0.000000706. The molecule has 0 aromatic carbocycles. The van der Waals surface area contributed by atoms with Gasteiger partial charge in [0.25, 0.3) is 12.0 Å². The minimum atomic E-state index is -0.250. The summed E-state index contributed by atoms with van der Waals surface area (Å²) in [5.74, 6) is 0.939. The fraction of sp³-hybridized carbons (Fsp3) is 0.611. The fourth-order valence-electron chi connectivity index (χ4n) is 4.21. The normalized spacial score (nSPS) is 22.1. The van der Waals surface area contributed by atoms with Crippen molar-refractivity contribution in [3.8, 4) is 0 Å². The van der Waals surface area contributed by atoms with E-state index >= 15 is 0 Å². The second-order valence-corrected chi connectivity index (χ2v) is 7.41. The molecule has 10 nitrogen and oxygen atoms in total. The zero-order chi connectivity index (χ0) is 20.3. The third kappa shape index (κ3) is 3.64. The van der Waals surface area contributed by atoms with E-state index in [4.69, 9.17) is 9.90 Å². The molecule has 2 N–H and O–H groups in total. The Morgan fingerprint density at radius 2 is 2.04 bits per heavy atom. The Bertz CT molecular complexity index is 922. The van der Waals surface area contributed by atoms with Crippen molar-refractivity contribution in [2.24, 2.45) is 12.5 Å². The highest BCUT2D eigenvalue weighted by Crippen LogP contribution is 2.40. The minimum Gasteiger partial charge on any atom is -0.483 e. The van der Waals surface area contributed by atoms with Crippen LogP contribution in [-0.4, -0.2) is 73.2 Å². The number of aryl methyl sites for hydroxylation is 1. The molecule has 1 spiro atoms. The molecule has 1 atom stereocenters. The molecule has 2 aromatic rings. The molecule has 2 fully saturated rings. The maximum absolute atomic E-state index is 12.8. The number of carboxylic acid groups (broad SMARTS) is 1. The summed E-state index contributed by atoms with van der Waals surface area (Å²) in [4.78, 5) is 44.9. The SMILES string of the molecule is CCCN1CCC2(CCN(Cc3nc4c(cnn4C)c(=O)[nH]3)C2)C1=O.O=CO. The van der Waals surface area contributed by atoms with Gasteiger partial charge in [0.2, 0.25) is 5.91 Å². The second-order valence-electron chi connectivity index (χ2n) is 7.41. The molecule has 152 valence electrons. The van der Waals surface area contributed by atoms with E-state index in [2.05, 4.69) is 26.9 Å². The number of rotatable bonds is 4. The third-order valence-corrected chi connectivity index (χ3v) is 5.55. The van der Waals surface area contributed by atoms with Crippen LogP contribution >= 0.6 is 0 Å². The molecule has 1 amide bonds. The predicted octanol–water partition coefficient (Wildman–Crippen LogP) is 0.192. The van der Waals surface area contributed by atoms with Gasteiger partial charge < -0.3 is 15.0 Å². The molecule has 1 unspecified atom stereocenters. The Morgan fingerprint density at radius 1 is 1.32 bits per heavy atom. The van der Waals surface area contributed by atoms with E-state index in [1.807, 2.05) is 4.90 Å².